The van der Waals surface area contributed by atoms with Crippen molar-refractivity contribution in [2.75, 3.05) is 11.9 Å². The Morgan fingerprint density at radius 3 is 2.57 bits per heavy atom. The Morgan fingerprint density at radius 2 is 1.95 bits per heavy atom. The van der Waals surface area contributed by atoms with E-state index in [0.29, 0.717) is 0 Å². The average Bonchev–Trinajstić information content (AvgIpc) is 2.48. The molecule has 116 valence electrons. The van der Waals surface area contributed by atoms with Crippen molar-refractivity contribution in [2.45, 2.75) is 51.1 Å². The van der Waals surface area contributed by atoms with E-state index < -0.39 is 18.1 Å². The number of aryl methyl sites for hydroxylation is 1. The minimum atomic E-state index is -2.61. The number of carbonyl (C=O) groups is 1. The second-order valence-electron chi connectivity index (χ2n) is 5.48. The smallest absolute Gasteiger partial charge is 0.414 e. The first-order valence-electron chi connectivity index (χ1n) is 7.33. The summed E-state index contributed by atoms with van der Waals surface area (Å²) >= 11 is 0. The summed E-state index contributed by atoms with van der Waals surface area (Å²) in [6, 6.07) is 7.60. The highest BCUT2D eigenvalue weighted by atomic mass is 19.3. The van der Waals surface area contributed by atoms with E-state index in [2.05, 4.69) is 0 Å². The van der Waals surface area contributed by atoms with E-state index in [1.807, 2.05) is 31.2 Å². The third-order valence-electron chi connectivity index (χ3n) is 3.94. The Balaban J connectivity index is 1.97. The van der Waals surface area contributed by atoms with Crippen LogP contribution in [0.2, 0.25) is 0 Å². The molecule has 2 rings (SSSR count). The van der Waals surface area contributed by atoms with Gasteiger partial charge in [-0.1, -0.05) is 25.1 Å². The van der Waals surface area contributed by atoms with Gasteiger partial charge in [0.2, 0.25) is 5.92 Å². The molecule has 21 heavy (non-hydrogen) atoms. The van der Waals surface area contributed by atoms with E-state index in [1.165, 1.54) is 4.90 Å². The molecule has 1 aromatic carbocycles. The first-order chi connectivity index (χ1) is 9.93. The van der Waals surface area contributed by atoms with E-state index in [4.69, 9.17) is 4.74 Å². The summed E-state index contributed by atoms with van der Waals surface area (Å²) in [7, 11) is 1.65. The lowest BCUT2D eigenvalue weighted by molar-refractivity contribution is -0.0647. The van der Waals surface area contributed by atoms with Crippen LogP contribution in [0, 0.1) is 0 Å². The standard InChI is InChI=1S/C16H21F2NO2/c1-3-12-6-4-5-7-14(12)19(2)15(20)21-13-8-10-16(17,18)11-9-13/h4-7,13H,3,8-11H2,1-2H3. The molecule has 0 N–H and O–H groups in total. The van der Waals surface area contributed by atoms with Gasteiger partial charge < -0.3 is 4.74 Å². The molecule has 0 saturated heterocycles. The molecule has 1 saturated carbocycles. The average molecular weight is 297 g/mol. The Hall–Kier alpha value is -1.65. The van der Waals surface area contributed by atoms with Gasteiger partial charge in [-0.25, -0.2) is 13.6 Å². The molecule has 0 unspecified atom stereocenters. The lowest BCUT2D eigenvalue weighted by Crippen LogP contribution is -2.35. The summed E-state index contributed by atoms with van der Waals surface area (Å²) in [5, 5.41) is 0. The van der Waals surface area contributed by atoms with Gasteiger partial charge in [0.15, 0.2) is 0 Å². The monoisotopic (exact) mass is 297 g/mol. The molecule has 0 bridgehead atoms. The van der Waals surface area contributed by atoms with Gasteiger partial charge >= 0.3 is 6.09 Å². The fourth-order valence-electron chi connectivity index (χ4n) is 2.59. The van der Waals surface area contributed by atoms with Gasteiger partial charge in [0.1, 0.15) is 6.10 Å². The van der Waals surface area contributed by atoms with Crippen LogP contribution >= 0.6 is 0 Å². The zero-order chi connectivity index (χ0) is 15.5. The lowest BCUT2D eigenvalue weighted by atomic mass is 9.94. The minimum absolute atomic E-state index is 0.208. The van der Waals surface area contributed by atoms with Crippen LogP contribution in [0.4, 0.5) is 19.3 Å². The van der Waals surface area contributed by atoms with Crippen LogP contribution in [0.5, 0.6) is 0 Å². The molecule has 5 heteroatoms. The summed E-state index contributed by atoms with van der Waals surface area (Å²) in [4.78, 5) is 13.6. The lowest BCUT2D eigenvalue weighted by Gasteiger charge is -2.29. The molecule has 1 aliphatic rings. The molecule has 0 spiro atoms. The Kier molecular flexibility index (Phi) is 4.80. The molecule has 0 aromatic heterocycles. The SMILES string of the molecule is CCc1ccccc1N(C)C(=O)OC1CCC(F)(F)CC1. The summed E-state index contributed by atoms with van der Waals surface area (Å²) in [5.41, 5.74) is 1.85. The molecule has 1 aromatic rings. The fourth-order valence-corrected chi connectivity index (χ4v) is 2.59. The molecule has 0 aliphatic heterocycles. The van der Waals surface area contributed by atoms with Crippen molar-refractivity contribution >= 4 is 11.8 Å². The van der Waals surface area contributed by atoms with Crippen molar-refractivity contribution in [2.24, 2.45) is 0 Å². The van der Waals surface area contributed by atoms with E-state index in [9.17, 15) is 13.6 Å². The van der Waals surface area contributed by atoms with E-state index in [0.717, 1.165) is 17.7 Å². The fraction of sp³-hybridized carbons (Fsp3) is 0.562. The van der Waals surface area contributed by atoms with Gasteiger partial charge in [-0.3, -0.25) is 4.90 Å². The Bertz CT molecular complexity index is 495. The highest BCUT2D eigenvalue weighted by molar-refractivity contribution is 5.88. The number of para-hydroxylation sites is 1. The highest BCUT2D eigenvalue weighted by Crippen LogP contribution is 2.34. The number of anilines is 1. The first kappa shape index (κ1) is 15.7. The summed E-state index contributed by atoms with van der Waals surface area (Å²) in [6.07, 6.45) is -0.0482. The number of ether oxygens (including phenoxy) is 1. The van der Waals surface area contributed by atoms with Crippen molar-refractivity contribution in [3.63, 3.8) is 0 Å². The van der Waals surface area contributed by atoms with Crippen LogP contribution in [-0.4, -0.2) is 25.2 Å². The van der Waals surface area contributed by atoms with Crippen LogP contribution in [0.1, 0.15) is 38.2 Å². The molecule has 0 radical (unpaired) electrons. The van der Waals surface area contributed by atoms with Crippen LogP contribution in [0.15, 0.2) is 24.3 Å². The minimum Gasteiger partial charge on any atom is -0.446 e. The second kappa shape index (κ2) is 6.41. The van der Waals surface area contributed by atoms with Gasteiger partial charge in [0.25, 0.3) is 0 Å². The number of rotatable bonds is 3. The third kappa shape index (κ3) is 3.93. The Morgan fingerprint density at radius 1 is 1.33 bits per heavy atom. The quantitative estimate of drug-likeness (QED) is 0.827. The Labute approximate surface area is 123 Å². The number of benzene rings is 1. The van der Waals surface area contributed by atoms with Crippen LogP contribution < -0.4 is 4.90 Å². The van der Waals surface area contributed by atoms with Crippen LogP contribution in [-0.2, 0) is 11.2 Å². The van der Waals surface area contributed by atoms with Crippen molar-refractivity contribution in [3.05, 3.63) is 29.8 Å². The van der Waals surface area contributed by atoms with Gasteiger partial charge in [-0.2, -0.15) is 0 Å². The topological polar surface area (TPSA) is 29.5 Å². The third-order valence-corrected chi connectivity index (χ3v) is 3.94. The number of hydrogen-bond acceptors (Lipinski definition) is 2. The summed E-state index contributed by atoms with van der Waals surface area (Å²) in [6.45, 7) is 2.02. The maximum Gasteiger partial charge on any atom is 0.414 e. The van der Waals surface area contributed by atoms with E-state index >= 15 is 0 Å². The molecule has 1 aliphatic carbocycles. The molecule has 3 nitrogen and oxygen atoms in total. The van der Waals surface area contributed by atoms with Crippen molar-refractivity contribution in [1.29, 1.82) is 0 Å². The number of halogens is 2. The first-order valence-corrected chi connectivity index (χ1v) is 7.33. The summed E-state index contributed by atoms with van der Waals surface area (Å²) < 4.78 is 31.5. The molecular weight excluding hydrogens is 276 g/mol. The maximum absolute atomic E-state index is 13.1. The second-order valence-corrected chi connectivity index (χ2v) is 5.48. The van der Waals surface area contributed by atoms with Crippen LogP contribution in [0.25, 0.3) is 0 Å². The van der Waals surface area contributed by atoms with Crippen molar-refractivity contribution < 1.29 is 18.3 Å². The number of nitrogens with zero attached hydrogens (tertiary/aromatic N) is 1. The highest BCUT2D eigenvalue weighted by Gasteiger charge is 2.36. The zero-order valence-corrected chi connectivity index (χ0v) is 12.4. The van der Waals surface area contributed by atoms with Crippen LogP contribution in [0.3, 0.4) is 0 Å². The number of hydrogen-bond donors (Lipinski definition) is 0. The van der Waals surface area contributed by atoms with Gasteiger partial charge in [-0.05, 0) is 30.9 Å². The largest absolute Gasteiger partial charge is 0.446 e. The maximum atomic E-state index is 13.1. The summed E-state index contributed by atoms with van der Waals surface area (Å²) in [5.74, 6) is -2.61. The van der Waals surface area contributed by atoms with Gasteiger partial charge in [-0.15, -0.1) is 0 Å². The van der Waals surface area contributed by atoms with Gasteiger partial charge in [0, 0.05) is 25.6 Å². The normalized spacial score (nSPS) is 18.3. The van der Waals surface area contributed by atoms with Crippen molar-refractivity contribution in [1.82, 2.24) is 0 Å². The van der Waals surface area contributed by atoms with Gasteiger partial charge in [0.05, 0.1) is 0 Å². The predicted octanol–water partition coefficient (Wildman–Crippen LogP) is 4.40. The molecule has 0 atom stereocenters. The van der Waals surface area contributed by atoms with E-state index in [1.54, 1.807) is 7.05 Å². The predicted molar refractivity (Wildman–Crippen MR) is 77.9 cm³/mol. The number of alkyl halides is 2. The number of amides is 1. The molecule has 1 fully saturated rings. The molecule has 1 amide bonds. The molecular formula is C16H21F2NO2. The number of carbonyl (C=O) groups excluding carboxylic acids is 1. The molecule has 0 heterocycles. The zero-order valence-electron chi connectivity index (χ0n) is 12.4. The van der Waals surface area contributed by atoms with E-state index in [-0.39, 0.29) is 25.7 Å². The van der Waals surface area contributed by atoms with Crippen molar-refractivity contribution in [3.8, 4) is 0 Å².